The number of likely N-dealkylation sites (tertiary alicyclic amines) is 2. The first-order valence-corrected chi connectivity index (χ1v) is 22.9. The van der Waals surface area contributed by atoms with E-state index < -0.39 is 11.7 Å². The smallest absolute Gasteiger partial charge is 0.272 e. The van der Waals surface area contributed by atoms with Gasteiger partial charge < -0.3 is 24.8 Å². The molecule has 4 heterocycles. The second kappa shape index (κ2) is 18.0. The van der Waals surface area contributed by atoms with Crippen molar-refractivity contribution in [3.63, 3.8) is 0 Å². The van der Waals surface area contributed by atoms with Gasteiger partial charge in [-0.05, 0) is 93.4 Å². The molecule has 7 fully saturated rings. The predicted octanol–water partition coefficient (Wildman–Crippen LogP) is 4.52. The molecule has 0 spiro atoms. The number of fused-ring (bicyclic) bond motifs is 1. The van der Waals surface area contributed by atoms with E-state index in [9.17, 15) is 24.0 Å². The first-order chi connectivity index (χ1) is 29.6. The van der Waals surface area contributed by atoms with Gasteiger partial charge in [0, 0.05) is 76.1 Å². The quantitative estimate of drug-likeness (QED) is 0.271. The van der Waals surface area contributed by atoms with Gasteiger partial charge >= 0.3 is 0 Å². The molecule has 4 saturated carbocycles. The summed E-state index contributed by atoms with van der Waals surface area (Å²) in [6, 6.07) is 11.7. The number of nitrogens with zero attached hydrogens (tertiary/aromatic N) is 5. The van der Waals surface area contributed by atoms with Gasteiger partial charge in [-0.15, -0.1) is 0 Å². The highest BCUT2D eigenvalue weighted by atomic mass is 19.1. The summed E-state index contributed by atoms with van der Waals surface area (Å²) in [6.45, 7) is 5.10. The molecule has 2 N–H and O–H groups in total. The molecule has 7 aliphatic rings. The molecule has 1 aromatic heterocycles. The summed E-state index contributed by atoms with van der Waals surface area (Å²) in [7, 11) is 0. The fraction of sp³-hybridized carbons (Fsp3) is 0.617. The maximum atomic E-state index is 15.0. The number of H-pyrrole nitrogens is 1. The van der Waals surface area contributed by atoms with Crippen molar-refractivity contribution in [2.24, 2.45) is 23.2 Å². The number of rotatable bonds is 12. The molecule has 3 aromatic rings. The Morgan fingerprint density at radius 3 is 2.13 bits per heavy atom. The highest BCUT2D eigenvalue weighted by Crippen LogP contribution is 2.64. The Morgan fingerprint density at radius 2 is 1.46 bits per heavy atom. The molecule has 4 amide bonds. The lowest BCUT2D eigenvalue weighted by Crippen LogP contribution is -2.61. The molecule has 4 aliphatic carbocycles. The van der Waals surface area contributed by atoms with Crippen molar-refractivity contribution in [1.29, 1.82) is 0 Å². The number of piperidine rings is 2. The van der Waals surface area contributed by atoms with E-state index in [-0.39, 0.29) is 52.4 Å². The van der Waals surface area contributed by atoms with Crippen LogP contribution in [0.25, 0.3) is 10.8 Å². The maximum Gasteiger partial charge on any atom is 0.272 e. The zero-order chi connectivity index (χ0) is 42.1. The monoisotopic (exact) mass is 837 g/mol. The van der Waals surface area contributed by atoms with Gasteiger partial charge in [0.25, 0.3) is 11.5 Å². The van der Waals surface area contributed by atoms with Crippen molar-refractivity contribution in [1.82, 2.24) is 35.1 Å². The van der Waals surface area contributed by atoms with Crippen LogP contribution in [0.2, 0.25) is 0 Å². The molecule has 2 aromatic carbocycles. The topological polar surface area (TPSA) is 148 Å². The van der Waals surface area contributed by atoms with Crippen molar-refractivity contribution in [3.8, 4) is 0 Å². The molecule has 13 nitrogen and oxygen atoms in total. The molecule has 3 saturated heterocycles. The normalized spacial score (nSPS) is 24.5. The molecule has 326 valence electrons. The number of hydrogen-bond acceptors (Lipinski definition) is 8. The van der Waals surface area contributed by atoms with E-state index in [2.05, 4.69) is 20.4 Å². The maximum absolute atomic E-state index is 15.0. The Kier molecular flexibility index (Phi) is 12.3. The summed E-state index contributed by atoms with van der Waals surface area (Å²) in [6.07, 6.45) is 12.7. The summed E-state index contributed by atoms with van der Waals surface area (Å²) < 4.78 is 21.6. The number of carbonyl (C=O) groups excluding carboxylic acids is 4. The third-order valence-electron chi connectivity index (χ3n) is 14.9. The Labute approximate surface area is 356 Å². The number of aromatic nitrogens is 2. The van der Waals surface area contributed by atoms with Crippen molar-refractivity contribution in [2.45, 2.75) is 95.7 Å². The SMILES string of the molecule is O=C(CN1CCC(OC2CCN(C(=O)C(CNC(=O)C34CC(C3)C4)C3CCCCC3)CC2)CC1)N1CCN(C(=O)c2cc(Cc3n[nH]c(=O)c4ccccc34)ccc2F)CC1. The van der Waals surface area contributed by atoms with Gasteiger partial charge in [-0.2, -0.15) is 5.10 Å². The highest BCUT2D eigenvalue weighted by molar-refractivity contribution is 5.95. The lowest BCUT2D eigenvalue weighted by atomic mass is 9.44. The van der Waals surface area contributed by atoms with Crippen molar-refractivity contribution < 1.29 is 28.3 Å². The molecule has 1 unspecified atom stereocenters. The van der Waals surface area contributed by atoms with E-state index >= 15 is 4.39 Å². The third-order valence-corrected chi connectivity index (χ3v) is 14.9. The van der Waals surface area contributed by atoms with Gasteiger partial charge in [0.15, 0.2) is 0 Å². The van der Waals surface area contributed by atoms with Crippen LogP contribution in [0.3, 0.4) is 0 Å². The van der Waals surface area contributed by atoms with Crippen LogP contribution in [-0.2, 0) is 25.5 Å². The molecular formula is C47H60FN7O6. The van der Waals surface area contributed by atoms with Crippen LogP contribution in [0.1, 0.15) is 98.7 Å². The van der Waals surface area contributed by atoms with Crippen LogP contribution in [0.15, 0.2) is 47.3 Å². The molecule has 3 aliphatic heterocycles. The number of carbonyl (C=O) groups is 4. The number of ether oxygens (including phenoxy) is 1. The van der Waals surface area contributed by atoms with Crippen molar-refractivity contribution >= 4 is 34.4 Å². The number of amides is 4. The van der Waals surface area contributed by atoms with E-state index in [4.69, 9.17) is 4.74 Å². The van der Waals surface area contributed by atoms with E-state index in [0.29, 0.717) is 86.7 Å². The molecule has 10 rings (SSSR count). The van der Waals surface area contributed by atoms with E-state index in [1.807, 2.05) is 17.0 Å². The fourth-order valence-corrected chi connectivity index (χ4v) is 11.0. The lowest BCUT2D eigenvalue weighted by molar-refractivity contribution is -0.165. The average Bonchev–Trinajstić information content (AvgIpc) is 3.25. The number of halogens is 1. The summed E-state index contributed by atoms with van der Waals surface area (Å²) in [5.41, 5.74) is 0.904. The Hall–Kier alpha value is -4.69. The number of hydrogen-bond donors (Lipinski definition) is 2. The largest absolute Gasteiger partial charge is 0.375 e. The minimum atomic E-state index is -0.601. The minimum absolute atomic E-state index is 0.0184. The van der Waals surface area contributed by atoms with Crippen molar-refractivity contribution in [2.75, 3.05) is 65.4 Å². The standard InChI is InChI=1S/C47H60FN7O6/c48-40-11-10-31(25-41-36-8-4-5-9-37(36)43(57)51-50-41)24-38(40)44(58)55-22-20-53(21-23-55)42(56)30-52-16-12-34(13-17-52)61-35-14-18-54(19-15-35)45(59)39(33-6-2-1-3-7-33)29-49-46(60)47-26-32(27-47)28-47/h4-5,8-11,24,32-35,39H,1-3,6-7,12-23,25-30H2,(H,49,60)(H,51,57). The lowest BCUT2D eigenvalue weighted by Gasteiger charge is -2.60. The second-order valence-electron chi connectivity index (χ2n) is 18.8. The van der Waals surface area contributed by atoms with Gasteiger partial charge in [0.2, 0.25) is 17.7 Å². The molecule has 14 heteroatoms. The molecular weight excluding hydrogens is 778 g/mol. The van der Waals surface area contributed by atoms with Crippen LogP contribution < -0.4 is 10.9 Å². The zero-order valence-corrected chi connectivity index (χ0v) is 35.3. The van der Waals surface area contributed by atoms with Gasteiger partial charge in [0.05, 0.1) is 41.3 Å². The fourth-order valence-electron chi connectivity index (χ4n) is 11.0. The van der Waals surface area contributed by atoms with E-state index in [1.165, 1.54) is 12.5 Å². The van der Waals surface area contributed by atoms with Crippen molar-refractivity contribution in [3.05, 3.63) is 75.5 Å². The Morgan fingerprint density at radius 1 is 0.803 bits per heavy atom. The molecule has 61 heavy (non-hydrogen) atoms. The number of benzene rings is 2. The summed E-state index contributed by atoms with van der Waals surface area (Å²) in [5, 5.41) is 11.2. The second-order valence-corrected chi connectivity index (χ2v) is 18.8. The predicted molar refractivity (Wildman–Crippen MR) is 227 cm³/mol. The van der Waals surface area contributed by atoms with Gasteiger partial charge in [0.1, 0.15) is 5.82 Å². The highest BCUT2D eigenvalue weighted by Gasteiger charge is 2.61. The van der Waals surface area contributed by atoms with Crippen LogP contribution in [0.4, 0.5) is 4.39 Å². The Balaban J connectivity index is 0.694. The van der Waals surface area contributed by atoms with Crippen LogP contribution >= 0.6 is 0 Å². The minimum Gasteiger partial charge on any atom is -0.375 e. The molecule has 0 radical (unpaired) electrons. The number of aromatic amines is 1. The zero-order valence-electron chi connectivity index (χ0n) is 35.3. The van der Waals surface area contributed by atoms with Gasteiger partial charge in [-0.3, -0.25) is 28.9 Å². The van der Waals surface area contributed by atoms with Gasteiger partial charge in [-0.1, -0.05) is 43.5 Å². The number of piperazine rings is 1. The first kappa shape index (κ1) is 41.7. The molecule has 2 bridgehead atoms. The van der Waals surface area contributed by atoms with E-state index in [0.717, 1.165) is 89.6 Å². The van der Waals surface area contributed by atoms with E-state index in [1.54, 1.807) is 34.1 Å². The van der Waals surface area contributed by atoms with Crippen LogP contribution in [0, 0.1) is 29.0 Å². The molecule has 1 atom stereocenters. The van der Waals surface area contributed by atoms with Crippen LogP contribution in [0.5, 0.6) is 0 Å². The summed E-state index contributed by atoms with van der Waals surface area (Å²) >= 11 is 0. The summed E-state index contributed by atoms with van der Waals surface area (Å²) in [4.78, 5) is 73.7. The van der Waals surface area contributed by atoms with Gasteiger partial charge in [-0.25, -0.2) is 9.49 Å². The summed E-state index contributed by atoms with van der Waals surface area (Å²) in [5.74, 6) is 0.354. The average molecular weight is 838 g/mol. The third kappa shape index (κ3) is 8.98. The Bertz CT molecular complexity index is 2150. The number of nitrogens with one attached hydrogen (secondary N) is 2. The van der Waals surface area contributed by atoms with Crippen LogP contribution in [-0.4, -0.2) is 131 Å². The first-order valence-electron chi connectivity index (χ1n) is 22.9.